The highest BCUT2D eigenvalue weighted by Gasteiger charge is 2.01. The first kappa shape index (κ1) is 8.59. The molecule has 66 valence electrons. The first-order valence-electron chi connectivity index (χ1n) is 3.69. The predicted molar refractivity (Wildman–Crippen MR) is 56.5 cm³/mol. The summed E-state index contributed by atoms with van der Waals surface area (Å²) >= 11 is 5.63. The van der Waals surface area contributed by atoms with Gasteiger partial charge in [0.25, 0.3) is 0 Å². The van der Waals surface area contributed by atoms with Crippen LogP contribution in [0, 0.1) is 0 Å². The Morgan fingerprint density at radius 1 is 1.23 bits per heavy atom. The fourth-order valence-corrected chi connectivity index (χ4v) is 1.85. The summed E-state index contributed by atoms with van der Waals surface area (Å²) in [6, 6.07) is 6.95. The Hall–Kier alpha value is -1.00. The number of aromatic hydroxyl groups is 1. The molecule has 0 spiro atoms. The summed E-state index contributed by atoms with van der Waals surface area (Å²) in [6.07, 6.45) is 0. The van der Waals surface area contributed by atoms with Gasteiger partial charge in [0.05, 0.1) is 5.69 Å². The molecular weight excluding hydrogens is 202 g/mol. The van der Waals surface area contributed by atoms with Crippen molar-refractivity contribution in [2.45, 2.75) is 4.34 Å². The molecule has 4 heteroatoms. The lowest BCUT2D eigenvalue weighted by molar-refractivity contribution is 0.475. The lowest BCUT2D eigenvalue weighted by Gasteiger charge is -1.95. The largest absolute Gasteiger partial charge is 0.508 e. The standard InChI is InChI=1S/C9H7NOS2/c11-7-3-1-6(2-4-7)8-5-13-9(12)10-8/h1-5,11H,(H,10,12). The molecule has 0 unspecified atom stereocenters. The molecule has 0 saturated carbocycles. The van der Waals surface area contributed by atoms with Crippen LogP contribution in [0.2, 0.25) is 0 Å². The second-order valence-electron chi connectivity index (χ2n) is 2.56. The molecule has 1 N–H and O–H groups in total. The van der Waals surface area contributed by atoms with Gasteiger partial charge in [-0.05, 0) is 24.3 Å². The van der Waals surface area contributed by atoms with E-state index in [-0.39, 0.29) is 5.75 Å². The first-order valence-corrected chi connectivity index (χ1v) is 5.02. The molecule has 0 radical (unpaired) electrons. The van der Waals surface area contributed by atoms with Gasteiger partial charge in [-0.2, -0.15) is 0 Å². The molecule has 0 aliphatic carbocycles. The van der Waals surface area contributed by atoms with Crippen molar-refractivity contribution in [3.8, 4) is 17.0 Å². The molecule has 1 aromatic carbocycles. The van der Waals surface area contributed by atoms with Gasteiger partial charge in [0, 0.05) is 10.9 Å². The van der Waals surface area contributed by atoms with Gasteiger partial charge in [0.1, 0.15) is 10.1 Å². The highest BCUT2D eigenvalue weighted by molar-refractivity contribution is 7.82. The summed E-state index contributed by atoms with van der Waals surface area (Å²) in [7, 11) is 0. The normalized spacial score (nSPS) is 10.2. The van der Waals surface area contributed by atoms with Crippen LogP contribution in [-0.2, 0) is 0 Å². The van der Waals surface area contributed by atoms with Crippen LogP contribution in [0.1, 0.15) is 0 Å². The lowest BCUT2D eigenvalue weighted by atomic mass is 10.2. The third-order valence-electron chi connectivity index (χ3n) is 1.66. The minimum absolute atomic E-state index is 0.269. The molecule has 0 amide bonds. The zero-order chi connectivity index (χ0) is 9.26. The molecule has 0 aliphatic heterocycles. The number of phenolic OH excluding ortho intramolecular Hbond substituents is 1. The highest BCUT2D eigenvalue weighted by atomic mass is 32.2. The number of benzene rings is 1. The zero-order valence-corrected chi connectivity index (χ0v) is 8.35. The van der Waals surface area contributed by atoms with E-state index < -0.39 is 0 Å². The first-order chi connectivity index (χ1) is 6.25. The maximum atomic E-state index is 9.08. The van der Waals surface area contributed by atoms with E-state index in [1.165, 1.54) is 11.3 Å². The Bertz CT molecular complexity index is 408. The molecule has 0 bridgehead atoms. The Morgan fingerprint density at radius 3 is 2.46 bits per heavy atom. The van der Waals surface area contributed by atoms with E-state index in [9.17, 15) is 0 Å². The summed E-state index contributed by atoms with van der Waals surface area (Å²) in [5, 5.41) is 11.0. The van der Waals surface area contributed by atoms with Crippen LogP contribution in [0.4, 0.5) is 0 Å². The minimum atomic E-state index is 0.269. The van der Waals surface area contributed by atoms with Gasteiger partial charge in [-0.25, -0.2) is 4.98 Å². The van der Waals surface area contributed by atoms with E-state index in [1.54, 1.807) is 12.1 Å². The highest BCUT2D eigenvalue weighted by Crippen LogP contribution is 2.24. The van der Waals surface area contributed by atoms with Crippen molar-refractivity contribution in [2.24, 2.45) is 0 Å². The zero-order valence-electron chi connectivity index (χ0n) is 6.64. The van der Waals surface area contributed by atoms with Crippen molar-refractivity contribution in [1.29, 1.82) is 0 Å². The van der Waals surface area contributed by atoms with E-state index in [1.807, 2.05) is 17.5 Å². The summed E-state index contributed by atoms with van der Waals surface area (Å²) < 4.78 is 0.753. The SMILES string of the molecule is Oc1ccc(-c2csc(S)n2)cc1. The molecule has 2 aromatic rings. The van der Waals surface area contributed by atoms with E-state index in [0.717, 1.165) is 15.6 Å². The van der Waals surface area contributed by atoms with Gasteiger partial charge in [-0.1, -0.05) is 0 Å². The van der Waals surface area contributed by atoms with Gasteiger partial charge in [0.15, 0.2) is 0 Å². The smallest absolute Gasteiger partial charge is 0.147 e. The van der Waals surface area contributed by atoms with Crippen molar-refractivity contribution in [3.63, 3.8) is 0 Å². The number of aromatic nitrogens is 1. The summed E-state index contributed by atoms with van der Waals surface area (Å²) in [4.78, 5) is 4.21. The number of thiazole rings is 1. The fourth-order valence-electron chi connectivity index (χ4n) is 1.03. The second-order valence-corrected chi connectivity index (χ2v) is 4.15. The second kappa shape index (κ2) is 3.40. The van der Waals surface area contributed by atoms with Crippen LogP contribution in [0.3, 0.4) is 0 Å². The Morgan fingerprint density at radius 2 is 1.92 bits per heavy atom. The van der Waals surface area contributed by atoms with Crippen molar-refractivity contribution in [1.82, 2.24) is 4.98 Å². The van der Waals surface area contributed by atoms with Crippen LogP contribution in [0.15, 0.2) is 34.0 Å². The molecule has 2 nitrogen and oxygen atoms in total. The molecule has 2 rings (SSSR count). The minimum Gasteiger partial charge on any atom is -0.508 e. The number of rotatable bonds is 1. The molecule has 1 heterocycles. The molecular formula is C9H7NOS2. The van der Waals surface area contributed by atoms with Crippen molar-refractivity contribution in [3.05, 3.63) is 29.6 Å². The Balaban J connectivity index is 2.41. The summed E-state index contributed by atoms with van der Waals surface area (Å²) in [6.45, 7) is 0. The molecule has 1 aromatic heterocycles. The van der Waals surface area contributed by atoms with Gasteiger partial charge in [0.2, 0.25) is 0 Å². The van der Waals surface area contributed by atoms with Gasteiger partial charge >= 0.3 is 0 Å². The van der Waals surface area contributed by atoms with Crippen molar-refractivity contribution >= 4 is 24.0 Å². The van der Waals surface area contributed by atoms with Crippen LogP contribution >= 0.6 is 24.0 Å². The van der Waals surface area contributed by atoms with Gasteiger partial charge in [-0.15, -0.1) is 24.0 Å². The summed E-state index contributed by atoms with van der Waals surface area (Å²) in [5.41, 5.74) is 1.89. The van der Waals surface area contributed by atoms with Crippen molar-refractivity contribution < 1.29 is 5.11 Å². The number of thiol groups is 1. The average molecular weight is 209 g/mol. The third kappa shape index (κ3) is 1.84. The molecule has 0 fully saturated rings. The molecule has 0 saturated heterocycles. The Kier molecular flexibility index (Phi) is 2.24. The van der Waals surface area contributed by atoms with Gasteiger partial charge in [-0.3, -0.25) is 0 Å². The number of hydrogen-bond donors (Lipinski definition) is 2. The molecule has 13 heavy (non-hydrogen) atoms. The van der Waals surface area contributed by atoms with Crippen LogP contribution in [0.25, 0.3) is 11.3 Å². The molecule has 0 atom stereocenters. The molecule has 0 aliphatic rings. The van der Waals surface area contributed by atoms with Crippen molar-refractivity contribution in [2.75, 3.05) is 0 Å². The van der Waals surface area contributed by atoms with Crippen LogP contribution < -0.4 is 0 Å². The lowest BCUT2D eigenvalue weighted by Crippen LogP contribution is -1.75. The quantitative estimate of drug-likeness (QED) is 0.708. The predicted octanol–water partition coefficient (Wildman–Crippen LogP) is 2.80. The van der Waals surface area contributed by atoms with E-state index in [4.69, 9.17) is 5.11 Å². The monoisotopic (exact) mass is 209 g/mol. The maximum absolute atomic E-state index is 9.08. The number of nitrogens with zero attached hydrogens (tertiary/aromatic N) is 1. The number of hydrogen-bond acceptors (Lipinski definition) is 4. The van der Waals surface area contributed by atoms with Gasteiger partial charge < -0.3 is 5.11 Å². The topological polar surface area (TPSA) is 33.1 Å². The Labute approximate surface area is 85.3 Å². The van der Waals surface area contributed by atoms with E-state index >= 15 is 0 Å². The fraction of sp³-hybridized carbons (Fsp3) is 0. The van der Waals surface area contributed by atoms with Crippen LogP contribution in [0.5, 0.6) is 5.75 Å². The van der Waals surface area contributed by atoms with Crippen LogP contribution in [-0.4, -0.2) is 10.1 Å². The van der Waals surface area contributed by atoms with E-state index in [0.29, 0.717) is 0 Å². The van der Waals surface area contributed by atoms with E-state index in [2.05, 4.69) is 17.6 Å². The summed E-state index contributed by atoms with van der Waals surface area (Å²) in [5.74, 6) is 0.269. The third-order valence-corrected chi connectivity index (χ3v) is 2.71. The number of phenols is 1. The average Bonchev–Trinajstić information content (AvgIpc) is 2.53. The maximum Gasteiger partial charge on any atom is 0.147 e.